The minimum absolute atomic E-state index is 0.197. The van der Waals surface area contributed by atoms with Crippen molar-refractivity contribution >= 4 is 40.4 Å². The number of hydrogen-bond donors (Lipinski definition) is 2. The summed E-state index contributed by atoms with van der Waals surface area (Å²) in [7, 11) is 0. The molecule has 5 heteroatoms. The maximum atomic E-state index is 11.8. The first kappa shape index (κ1) is 12.9. The molecule has 0 aromatic heterocycles. The molecule has 1 amide bonds. The third-order valence-electron chi connectivity index (χ3n) is 2.16. The van der Waals surface area contributed by atoms with Crippen LogP contribution in [0.15, 0.2) is 24.3 Å². The van der Waals surface area contributed by atoms with Crippen LogP contribution in [0.1, 0.15) is 13.3 Å². The van der Waals surface area contributed by atoms with Gasteiger partial charge < -0.3 is 11.1 Å². The van der Waals surface area contributed by atoms with Crippen LogP contribution in [0.3, 0.4) is 0 Å². The Balaban J connectivity index is 2.74. The summed E-state index contributed by atoms with van der Waals surface area (Å²) in [6.45, 7) is 1.86. The average molecular weight is 257 g/mol. The second-order valence-corrected chi connectivity index (χ2v) is 4.27. The van der Waals surface area contributed by atoms with Crippen molar-refractivity contribution in [3.05, 3.63) is 29.3 Å². The molecule has 1 rings (SSSR count). The molecule has 0 saturated heterocycles. The fraction of sp³-hybridized carbons (Fsp3) is 0.273. The Kier molecular flexibility index (Phi) is 4.71. The predicted molar refractivity (Wildman–Crippen MR) is 70.6 cm³/mol. The van der Waals surface area contributed by atoms with Gasteiger partial charge in [-0.15, -0.1) is 0 Å². The molecule has 0 radical (unpaired) electrons. The fourth-order valence-electron chi connectivity index (χ4n) is 1.31. The van der Waals surface area contributed by atoms with E-state index in [1.54, 1.807) is 24.3 Å². The first-order chi connectivity index (χ1) is 7.54. The van der Waals surface area contributed by atoms with Gasteiger partial charge in [0.05, 0.1) is 10.9 Å². The Morgan fingerprint density at radius 1 is 1.62 bits per heavy atom. The van der Waals surface area contributed by atoms with E-state index in [2.05, 4.69) is 5.32 Å². The van der Waals surface area contributed by atoms with Crippen molar-refractivity contribution in [1.82, 2.24) is 0 Å². The summed E-state index contributed by atoms with van der Waals surface area (Å²) in [5.74, 6) is -0.633. The smallest absolute Gasteiger partial charge is 0.234 e. The number of carbonyl (C=O) groups excluding carboxylic acids is 1. The number of hydrogen-bond acceptors (Lipinski definition) is 2. The standard InChI is InChI=1S/C11H13ClN2OS/c1-2-9(10(13)16)11(15)14-8-5-3-4-7(12)6-8/h3-6,9H,2H2,1H3,(H2,13,16)(H,14,15). The number of thiocarbonyl (C=S) groups is 1. The lowest BCUT2D eigenvalue weighted by Gasteiger charge is -2.13. The molecule has 0 saturated carbocycles. The van der Waals surface area contributed by atoms with Gasteiger partial charge in [0.2, 0.25) is 5.91 Å². The minimum atomic E-state index is -0.436. The molecule has 0 bridgehead atoms. The number of anilines is 1. The normalized spacial score (nSPS) is 11.9. The van der Waals surface area contributed by atoms with Gasteiger partial charge in [-0.3, -0.25) is 4.79 Å². The molecule has 0 aliphatic heterocycles. The molecular formula is C11H13ClN2OS. The number of benzene rings is 1. The first-order valence-corrected chi connectivity index (χ1v) is 5.69. The monoisotopic (exact) mass is 256 g/mol. The SMILES string of the molecule is CCC(C(=O)Nc1cccc(Cl)c1)C(N)=S. The highest BCUT2D eigenvalue weighted by molar-refractivity contribution is 7.80. The molecule has 1 aromatic carbocycles. The molecule has 16 heavy (non-hydrogen) atoms. The Bertz CT molecular complexity index is 409. The van der Waals surface area contributed by atoms with E-state index in [0.29, 0.717) is 17.1 Å². The molecule has 0 heterocycles. The summed E-state index contributed by atoms with van der Waals surface area (Å²) in [4.78, 5) is 12.0. The lowest BCUT2D eigenvalue weighted by molar-refractivity contribution is -0.118. The molecule has 1 unspecified atom stereocenters. The summed E-state index contributed by atoms with van der Waals surface area (Å²) < 4.78 is 0. The van der Waals surface area contributed by atoms with Gasteiger partial charge in [0.15, 0.2) is 0 Å². The van der Waals surface area contributed by atoms with Crippen LogP contribution in [-0.4, -0.2) is 10.9 Å². The van der Waals surface area contributed by atoms with Gasteiger partial charge in [0.25, 0.3) is 0 Å². The number of nitrogens with two attached hydrogens (primary N) is 1. The summed E-state index contributed by atoms with van der Waals surface area (Å²) >= 11 is 10.6. The van der Waals surface area contributed by atoms with E-state index < -0.39 is 5.92 Å². The van der Waals surface area contributed by atoms with Crippen LogP contribution in [0.25, 0.3) is 0 Å². The van der Waals surface area contributed by atoms with Crippen molar-refractivity contribution in [3.63, 3.8) is 0 Å². The first-order valence-electron chi connectivity index (χ1n) is 4.90. The van der Waals surface area contributed by atoms with Crippen LogP contribution in [0.4, 0.5) is 5.69 Å². The van der Waals surface area contributed by atoms with Crippen molar-refractivity contribution in [2.45, 2.75) is 13.3 Å². The quantitative estimate of drug-likeness (QED) is 0.815. The maximum Gasteiger partial charge on any atom is 0.234 e. The van der Waals surface area contributed by atoms with Gasteiger partial charge in [-0.1, -0.05) is 36.8 Å². The predicted octanol–water partition coefficient (Wildman–Crippen LogP) is 2.59. The third kappa shape index (κ3) is 3.47. The van der Waals surface area contributed by atoms with E-state index in [1.165, 1.54) is 0 Å². The fourth-order valence-corrected chi connectivity index (χ4v) is 1.78. The lowest BCUT2D eigenvalue weighted by Crippen LogP contribution is -2.32. The lowest BCUT2D eigenvalue weighted by atomic mass is 10.1. The van der Waals surface area contributed by atoms with E-state index in [-0.39, 0.29) is 10.9 Å². The molecule has 3 N–H and O–H groups in total. The average Bonchev–Trinajstić information content (AvgIpc) is 2.17. The Morgan fingerprint density at radius 2 is 2.31 bits per heavy atom. The van der Waals surface area contributed by atoms with Crippen LogP contribution >= 0.6 is 23.8 Å². The summed E-state index contributed by atoms with van der Waals surface area (Å²) in [6.07, 6.45) is 0.585. The van der Waals surface area contributed by atoms with E-state index in [4.69, 9.17) is 29.6 Å². The molecular weight excluding hydrogens is 244 g/mol. The largest absolute Gasteiger partial charge is 0.393 e. The highest BCUT2D eigenvalue weighted by atomic mass is 35.5. The molecule has 0 fully saturated rings. The Morgan fingerprint density at radius 3 is 2.81 bits per heavy atom. The van der Waals surface area contributed by atoms with Crippen molar-refractivity contribution in [2.75, 3.05) is 5.32 Å². The molecule has 0 aliphatic rings. The van der Waals surface area contributed by atoms with Crippen LogP contribution in [0, 0.1) is 5.92 Å². The zero-order chi connectivity index (χ0) is 12.1. The van der Waals surface area contributed by atoms with E-state index in [1.807, 2.05) is 6.92 Å². The molecule has 1 aromatic rings. The number of amides is 1. The molecule has 3 nitrogen and oxygen atoms in total. The summed E-state index contributed by atoms with van der Waals surface area (Å²) in [5, 5.41) is 3.29. The highest BCUT2D eigenvalue weighted by Gasteiger charge is 2.19. The van der Waals surface area contributed by atoms with Gasteiger partial charge in [0.1, 0.15) is 0 Å². The van der Waals surface area contributed by atoms with Gasteiger partial charge in [-0.05, 0) is 24.6 Å². The van der Waals surface area contributed by atoms with Crippen molar-refractivity contribution < 1.29 is 4.79 Å². The van der Waals surface area contributed by atoms with Crippen LogP contribution in [0.2, 0.25) is 5.02 Å². The number of rotatable bonds is 4. The second kappa shape index (κ2) is 5.82. The van der Waals surface area contributed by atoms with Crippen LogP contribution < -0.4 is 11.1 Å². The third-order valence-corrected chi connectivity index (χ3v) is 2.68. The molecule has 0 aliphatic carbocycles. The molecule has 0 spiro atoms. The second-order valence-electron chi connectivity index (χ2n) is 3.36. The topological polar surface area (TPSA) is 55.1 Å². The van der Waals surface area contributed by atoms with E-state index in [9.17, 15) is 4.79 Å². The zero-order valence-electron chi connectivity index (χ0n) is 8.87. The van der Waals surface area contributed by atoms with Gasteiger partial charge in [0, 0.05) is 10.7 Å². The summed E-state index contributed by atoms with van der Waals surface area (Å²) in [5.41, 5.74) is 6.12. The number of halogens is 1. The van der Waals surface area contributed by atoms with Crippen LogP contribution in [-0.2, 0) is 4.79 Å². The van der Waals surface area contributed by atoms with E-state index in [0.717, 1.165) is 0 Å². The molecule has 86 valence electrons. The van der Waals surface area contributed by atoms with E-state index >= 15 is 0 Å². The van der Waals surface area contributed by atoms with Gasteiger partial charge in [-0.2, -0.15) is 0 Å². The molecule has 1 atom stereocenters. The van der Waals surface area contributed by atoms with Crippen molar-refractivity contribution in [3.8, 4) is 0 Å². The van der Waals surface area contributed by atoms with Crippen molar-refractivity contribution in [1.29, 1.82) is 0 Å². The summed E-state index contributed by atoms with van der Waals surface area (Å²) in [6, 6.07) is 6.93. The minimum Gasteiger partial charge on any atom is -0.393 e. The zero-order valence-corrected chi connectivity index (χ0v) is 10.4. The Hall–Kier alpha value is -1.13. The van der Waals surface area contributed by atoms with Gasteiger partial charge >= 0.3 is 0 Å². The van der Waals surface area contributed by atoms with Crippen LogP contribution in [0.5, 0.6) is 0 Å². The maximum absolute atomic E-state index is 11.8. The van der Waals surface area contributed by atoms with Crippen molar-refractivity contribution in [2.24, 2.45) is 11.7 Å². The highest BCUT2D eigenvalue weighted by Crippen LogP contribution is 2.16. The number of carbonyl (C=O) groups is 1. The van der Waals surface area contributed by atoms with Gasteiger partial charge in [-0.25, -0.2) is 0 Å². The number of nitrogens with one attached hydrogen (secondary N) is 1. The Labute approximate surface area is 105 Å².